The molecule has 1 unspecified atom stereocenters. The number of para-hydroxylation sites is 1. The molecule has 0 radical (unpaired) electrons. The first kappa shape index (κ1) is 24.9. The van der Waals surface area contributed by atoms with Gasteiger partial charge in [0.2, 0.25) is 6.79 Å². The summed E-state index contributed by atoms with van der Waals surface area (Å²) in [6.07, 6.45) is 0.653. The minimum Gasteiger partial charge on any atom is -0.507 e. The Kier molecular flexibility index (Phi) is 7.20. The quantitative estimate of drug-likeness (QED) is 0.326. The standard InChI is InChI=1S/C27H30N2O8/c1-33-20-6-3-5-18(26(20)34-2)23-22(24(30)17-7-8-19-21(15-17)37-16-36-19)25(31)27(32)29(23)10-4-9-28-11-13-35-14-12-28/h3,5-8,15,23,30H,4,9-14,16H2,1-2H3/b24-22+. The number of benzene rings is 2. The van der Waals surface area contributed by atoms with Gasteiger partial charge in [-0.1, -0.05) is 12.1 Å². The number of rotatable bonds is 8. The predicted octanol–water partition coefficient (Wildman–Crippen LogP) is 2.58. The van der Waals surface area contributed by atoms with Gasteiger partial charge >= 0.3 is 0 Å². The van der Waals surface area contributed by atoms with Crippen molar-refractivity contribution in [1.82, 2.24) is 9.80 Å². The summed E-state index contributed by atoms with van der Waals surface area (Å²) >= 11 is 0. The molecule has 196 valence electrons. The molecule has 1 atom stereocenters. The lowest BCUT2D eigenvalue weighted by atomic mass is 9.94. The summed E-state index contributed by atoms with van der Waals surface area (Å²) < 4.78 is 27.4. The van der Waals surface area contributed by atoms with E-state index in [1.54, 1.807) is 36.4 Å². The van der Waals surface area contributed by atoms with E-state index in [1.165, 1.54) is 19.1 Å². The number of morpholine rings is 1. The number of Topliss-reactive ketones (excluding diaryl/α,β-unsaturated/α-hetero) is 1. The zero-order valence-electron chi connectivity index (χ0n) is 20.9. The second-order valence-electron chi connectivity index (χ2n) is 8.95. The molecule has 5 rings (SSSR count). The van der Waals surface area contributed by atoms with Gasteiger partial charge in [0.1, 0.15) is 5.76 Å². The largest absolute Gasteiger partial charge is 0.507 e. The number of carbonyl (C=O) groups is 2. The first-order valence-corrected chi connectivity index (χ1v) is 12.2. The van der Waals surface area contributed by atoms with E-state index >= 15 is 0 Å². The van der Waals surface area contributed by atoms with Crippen LogP contribution in [0.3, 0.4) is 0 Å². The minimum atomic E-state index is -0.861. The maximum Gasteiger partial charge on any atom is 0.295 e. The zero-order chi connectivity index (χ0) is 25.9. The molecule has 1 N–H and O–H groups in total. The van der Waals surface area contributed by atoms with Crippen LogP contribution in [0.4, 0.5) is 0 Å². The van der Waals surface area contributed by atoms with E-state index in [9.17, 15) is 14.7 Å². The molecule has 3 heterocycles. The zero-order valence-corrected chi connectivity index (χ0v) is 20.9. The molecule has 37 heavy (non-hydrogen) atoms. The van der Waals surface area contributed by atoms with E-state index in [4.69, 9.17) is 23.7 Å². The second-order valence-corrected chi connectivity index (χ2v) is 8.95. The topological polar surface area (TPSA) is 107 Å². The van der Waals surface area contributed by atoms with Crippen molar-refractivity contribution in [2.45, 2.75) is 12.5 Å². The van der Waals surface area contributed by atoms with Crippen molar-refractivity contribution in [2.75, 3.05) is 60.4 Å². The SMILES string of the molecule is COc1cccc(C2/C(=C(\O)c3ccc4c(c3)OCO4)C(=O)C(=O)N2CCCN2CCOCC2)c1OC. The van der Waals surface area contributed by atoms with Crippen molar-refractivity contribution < 1.29 is 38.4 Å². The number of aliphatic hydroxyl groups excluding tert-OH is 1. The van der Waals surface area contributed by atoms with Crippen LogP contribution in [0, 0.1) is 0 Å². The van der Waals surface area contributed by atoms with Gasteiger partial charge in [0, 0.05) is 37.3 Å². The Hall–Kier alpha value is -3.76. The van der Waals surface area contributed by atoms with Gasteiger partial charge in [0.25, 0.3) is 11.7 Å². The number of aliphatic hydroxyl groups is 1. The molecule has 0 aliphatic carbocycles. The van der Waals surface area contributed by atoms with Crippen LogP contribution in [0.15, 0.2) is 42.0 Å². The number of hydrogen-bond donors (Lipinski definition) is 1. The molecule has 10 heteroatoms. The van der Waals surface area contributed by atoms with Crippen LogP contribution in [0.2, 0.25) is 0 Å². The summed E-state index contributed by atoms with van der Waals surface area (Å²) in [5.74, 6) is 0.150. The van der Waals surface area contributed by atoms with Gasteiger partial charge in [0.15, 0.2) is 23.0 Å². The van der Waals surface area contributed by atoms with Gasteiger partial charge < -0.3 is 33.7 Å². The number of methoxy groups -OCH3 is 2. The number of ether oxygens (including phenoxy) is 5. The third-order valence-electron chi connectivity index (χ3n) is 6.89. The Bertz CT molecular complexity index is 1220. The van der Waals surface area contributed by atoms with E-state index < -0.39 is 17.7 Å². The number of fused-ring (bicyclic) bond motifs is 1. The van der Waals surface area contributed by atoms with Crippen LogP contribution >= 0.6 is 0 Å². The molecule has 2 saturated heterocycles. The number of carbonyl (C=O) groups excluding carboxylic acids is 2. The molecule has 0 aromatic heterocycles. The summed E-state index contributed by atoms with van der Waals surface area (Å²) in [6, 6.07) is 9.32. The number of likely N-dealkylation sites (tertiary alicyclic amines) is 1. The fourth-order valence-electron chi connectivity index (χ4n) is 5.05. The number of nitrogens with zero attached hydrogens (tertiary/aromatic N) is 2. The van der Waals surface area contributed by atoms with Gasteiger partial charge in [-0.3, -0.25) is 14.5 Å². The number of ketones is 1. The van der Waals surface area contributed by atoms with Crippen LogP contribution in [-0.2, 0) is 14.3 Å². The van der Waals surface area contributed by atoms with Crippen molar-refractivity contribution in [3.8, 4) is 23.0 Å². The minimum absolute atomic E-state index is 0.0122. The molecule has 2 aromatic rings. The molecule has 3 aliphatic rings. The molecular formula is C27H30N2O8. The van der Waals surface area contributed by atoms with E-state index in [-0.39, 0.29) is 18.1 Å². The van der Waals surface area contributed by atoms with E-state index in [2.05, 4.69) is 4.90 Å². The molecule has 0 spiro atoms. The van der Waals surface area contributed by atoms with Crippen molar-refractivity contribution in [2.24, 2.45) is 0 Å². The summed E-state index contributed by atoms with van der Waals surface area (Å²) in [5.41, 5.74) is 0.888. The van der Waals surface area contributed by atoms with Crippen molar-refractivity contribution in [3.05, 3.63) is 53.1 Å². The van der Waals surface area contributed by atoms with E-state index in [0.29, 0.717) is 60.3 Å². The molecule has 0 bridgehead atoms. The Morgan fingerprint density at radius 2 is 1.81 bits per heavy atom. The van der Waals surface area contributed by atoms with Crippen LogP contribution < -0.4 is 18.9 Å². The lowest BCUT2D eigenvalue weighted by Gasteiger charge is -2.30. The monoisotopic (exact) mass is 510 g/mol. The van der Waals surface area contributed by atoms with Crippen LogP contribution in [-0.4, -0.2) is 87.0 Å². The lowest BCUT2D eigenvalue weighted by Crippen LogP contribution is -2.39. The summed E-state index contributed by atoms with van der Waals surface area (Å²) in [7, 11) is 3.03. The highest BCUT2D eigenvalue weighted by atomic mass is 16.7. The fraction of sp³-hybridized carbons (Fsp3) is 0.407. The smallest absolute Gasteiger partial charge is 0.295 e. The third-order valence-corrected chi connectivity index (χ3v) is 6.89. The van der Waals surface area contributed by atoms with Crippen molar-refractivity contribution in [3.63, 3.8) is 0 Å². The molecule has 2 fully saturated rings. The maximum absolute atomic E-state index is 13.4. The Morgan fingerprint density at radius 1 is 1.03 bits per heavy atom. The molecule has 2 aromatic carbocycles. The van der Waals surface area contributed by atoms with Gasteiger partial charge in [0.05, 0.1) is 39.0 Å². The first-order chi connectivity index (χ1) is 18.0. The van der Waals surface area contributed by atoms with Crippen molar-refractivity contribution >= 4 is 17.4 Å². The Balaban J connectivity index is 1.55. The van der Waals surface area contributed by atoms with Gasteiger partial charge in [-0.25, -0.2) is 0 Å². The Labute approximate surface area is 214 Å². The lowest BCUT2D eigenvalue weighted by molar-refractivity contribution is -0.140. The summed E-state index contributed by atoms with van der Waals surface area (Å²) in [5, 5.41) is 11.4. The third kappa shape index (κ3) is 4.70. The summed E-state index contributed by atoms with van der Waals surface area (Å²) in [6.45, 7) is 4.18. The molecule has 0 saturated carbocycles. The van der Waals surface area contributed by atoms with Crippen LogP contribution in [0.5, 0.6) is 23.0 Å². The summed E-state index contributed by atoms with van der Waals surface area (Å²) in [4.78, 5) is 30.5. The van der Waals surface area contributed by atoms with E-state index in [0.717, 1.165) is 19.6 Å². The average Bonchev–Trinajstić information content (AvgIpc) is 3.50. The molecular weight excluding hydrogens is 480 g/mol. The molecule has 3 aliphatic heterocycles. The second kappa shape index (κ2) is 10.7. The molecule has 10 nitrogen and oxygen atoms in total. The average molecular weight is 511 g/mol. The molecule has 1 amide bonds. The fourth-order valence-corrected chi connectivity index (χ4v) is 5.05. The van der Waals surface area contributed by atoms with Crippen LogP contribution in [0.1, 0.15) is 23.6 Å². The van der Waals surface area contributed by atoms with Gasteiger partial charge in [-0.2, -0.15) is 0 Å². The van der Waals surface area contributed by atoms with Crippen molar-refractivity contribution in [1.29, 1.82) is 0 Å². The number of amides is 1. The van der Waals surface area contributed by atoms with Gasteiger partial charge in [-0.15, -0.1) is 0 Å². The van der Waals surface area contributed by atoms with Gasteiger partial charge in [-0.05, 0) is 30.7 Å². The van der Waals surface area contributed by atoms with Crippen LogP contribution in [0.25, 0.3) is 5.76 Å². The predicted molar refractivity (Wildman–Crippen MR) is 133 cm³/mol. The highest BCUT2D eigenvalue weighted by molar-refractivity contribution is 6.46. The number of hydrogen-bond acceptors (Lipinski definition) is 9. The highest BCUT2D eigenvalue weighted by Gasteiger charge is 2.47. The van der Waals surface area contributed by atoms with E-state index in [1.807, 2.05) is 0 Å². The normalized spacial score (nSPS) is 20.9. The Morgan fingerprint density at radius 3 is 2.57 bits per heavy atom. The first-order valence-electron chi connectivity index (χ1n) is 12.2. The highest BCUT2D eigenvalue weighted by Crippen LogP contribution is 2.46. The maximum atomic E-state index is 13.4.